The van der Waals surface area contributed by atoms with E-state index >= 15 is 0 Å². The predicted octanol–water partition coefficient (Wildman–Crippen LogP) is 3.80. The van der Waals surface area contributed by atoms with Crippen LogP contribution >= 0.6 is 11.6 Å². The molecule has 0 heterocycles. The molecule has 0 radical (unpaired) electrons. The third kappa shape index (κ3) is 4.13. The Morgan fingerprint density at radius 2 is 1.86 bits per heavy atom. The van der Waals surface area contributed by atoms with E-state index in [0.717, 1.165) is 5.56 Å². The van der Waals surface area contributed by atoms with Gasteiger partial charge in [0.2, 0.25) is 0 Å². The molecular formula is C16H15ClO4. The van der Waals surface area contributed by atoms with Crippen molar-refractivity contribution in [3.8, 4) is 11.5 Å². The molecule has 0 aliphatic heterocycles. The van der Waals surface area contributed by atoms with Gasteiger partial charge in [-0.1, -0.05) is 23.7 Å². The van der Waals surface area contributed by atoms with Crippen molar-refractivity contribution in [3.63, 3.8) is 0 Å². The zero-order valence-electron chi connectivity index (χ0n) is 11.5. The van der Waals surface area contributed by atoms with Crippen molar-refractivity contribution in [3.05, 3.63) is 58.6 Å². The maximum Gasteiger partial charge on any atom is 0.339 e. The predicted molar refractivity (Wildman–Crippen MR) is 80.6 cm³/mol. The summed E-state index contributed by atoms with van der Waals surface area (Å²) in [4.78, 5) is 11.0. The van der Waals surface area contributed by atoms with E-state index in [4.69, 9.17) is 26.2 Å². The molecule has 0 saturated heterocycles. The van der Waals surface area contributed by atoms with E-state index in [2.05, 4.69) is 0 Å². The normalized spacial score (nSPS) is 10.2. The lowest BCUT2D eigenvalue weighted by molar-refractivity contribution is 0.0691. The van der Waals surface area contributed by atoms with E-state index in [0.29, 0.717) is 23.1 Å². The van der Waals surface area contributed by atoms with Crippen LogP contribution in [0.2, 0.25) is 5.02 Å². The summed E-state index contributed by atoms with van der Waals surface area (Å²) < 4.78 is 11.0. The van der Waals surface area contributed by atoms with Crippen molar-refractivity contribution in [2.24, 2.45) is 0 Å². The molecule has 2 aromatic carbocycles. The lowest BCUT2D eigenvalue weighted by atomic mass is 10.2. The van der Waals surface area contributed by atoms with Crippen LogP contribution in [-0.4, -0.2) is 24.3 Å². The maximum absolute atomic E-state index is 11.0. The summed E-state index contributed by atoms with van der Waals surface area (Å²) in [6, 6.07) is 11.9. The molecule has 0 fully saturated rings. The lowest BCUT2D eigenvalue weighted by Crippen LogP contribution is -2.11. The summed E-state index contributed by atoms with van der Waals surface area (Å²) in [5.74, 6) is 0.0211. The number of rotatable bonds is 6. The third-order valence-corrected chi connectivity index (χ3v) is 3.28. The Labute approximate surface area is 127 Å². The summed E-state index contributed by atoms with van der Waals surface area (Å²) in [5, 5.41) is 9.72. The van der Waals surface area contributed by atoms with Gasteiger partial charge in [-0.3, -0.25) is 0 Å². The molecule has 0 aliphatic carbocycles. The molecule has 0 aromatic heterocycles. The first kappa shape index (κ1) is 15.2. The van der Waals surface area contributed by atoms with Gasteiger partial charge in [0.15, 0.2) is 0 Å². The average Bonchev–Trinajstić information content (AvgIpc) is 2.47. The highest BCUT2D eigenvalue weighted by atomic mass is 35.5. The maximum atomic E-state index is 11.0. The standard InChI is InChI=1S/C16H15ClO4/c1-11-10-12(6-7-14(11)17)20-8-9-21-15-5-3-2-4-13(15)16(18)19/h2-7,10H,8-9H2,1H3,(H,18,19). The molecule has 21 heavy (non-hydrogen) atoms. The second-order valence-corrected chi connectivity index (χ2v) is 4.82. The highest BCUT2D eigenvalue weighted by Gasteiger charge is 2.09. The number of benzene rings is 2. The molecule has 0 spiro atoms. The molecule has 0 saturated carbocycles. The Morgan fingerprint density at radius 1 is 1.14 bits per heavy atom. The van der Waals surface area contributed by atoms with Crippen molar-refractivity contribution in [2.45, 2.75) is 6.92 Å². The van der Waals surface area contributed by atoms with E-state index in [1.165, 1.54) is 6.07 Å². The molecule has 1 N–H and O–H groups in total. The van der Waals surface area contributed by atoms with Crippen molar-refractivity contribution < 1.29 is 19.4 Å². The molecule has 110 valence electrons. The number of hydrogen-bond donors (Lipinski definition) is 1. The van der Waals surface area contributed by atoms with Crippen LogP contribution in [0.5, 0.6) is 11.5 Å². The summed E-state index contributed by atoms with van der Waals surface area (Å²) in [6.45, 7) is 2.47. The topological polar surface area (TPSA) is 55.8 Å². The minimum atomic E-state index is -1.01. The Balaban J connectivity index is 1.87. The van der Waals surface area contributed by atoms with Crippen LogP contribution in [0.15, 0.2) is 42.5 Å². The van der Waals surface area contributed by atoms with Gasteiger partial charge in [0.1, 0.15) is 30.3 Å². The van der Waals surface area contributed by atoms with Crippen LogP contribution < -0.4 is 9.47 Å². The smallest absolute Gasteiger partial charge is 0.339 e. The molecular weight excluding hydrogens is 292 g/mol. The number of ether oxygens (including phenoxy) is 2. The third-order valence-electron chi connectivity index (χ3n) is 2.86. The number of aryl methyl sites for hydroxylation is 1. The van der Waals surface area contributed by atoms with Gasteiger partial charge < -0.3 is 14.6 Å². The summed E-state index contributed by atoms with van der Waals surface area (Å²) >= 11 is 5.93. The van der Waals surface area contributed by atoms with Gasteiger partial charge in [0.05, 0.1) is 0 Å². The van der Waals surface area contributed by atoms with E-state index in [-0.39, 0.29) is 12.2 Å². The monoisotopic (exact) mass is 306 g/mol. The van der Waals surface area contributed by atoms with Gasteiger partial charge >= 0.3 is 5.97 Å². The van der Waals surface area contributed by atoms with Gasteiger partial charge in [-0.2, -0.15) is 0 Å². The number of hydrogen-bond acceptors (Lipinski definition) is 3. The number of carboxylic acid groups (broad SMARTS) is 1. The molecule has 4 nitrogen and oxygen atoms in total. The number of carbonyl (C=O) groups is 1. The highest BCUT2D eigenvalue weighted by molar-refractivity contribution is 6.31. The first-order chi connectivity index (χ1) is 10.1. The molecule has 0 bridgehead atoms. The lowest BCUT2D eigenvalue weighted by Gasteiger charge is -2.10. The molecule has 2 aromatic rings. The Bertz CT molecular complexity index is 640. The number of halogens is 1. The Kier molecular flexibility index (Phi) is 5.06. The number of carboxylic acids is 1. The fourth-order valence-corrected chi connectivity index (χ4v) is 1.90. The zero-order valence-corrected chi connectivity index (χ0v) is 12.3. The van der Waals surface area contributed by atoms with Crippen LogP contribution in [0.25, 0.3) is 0 Å². The molecule has 0 atom stereocenters. The molecule has 0 amide bonds. The number of aromatic carboxylic acids is 1. The summed E-state index contributed by atoms with van der Waals surface area (Å²) in [6.07, 6.45) is 0. The van der Waals surface area contributed by atoms with E-state index in [1.807, 2.05) is 13.0 Å². The van der Waals surface area contributed by atoms with Crippen molar-refractivity contribution in [1.29, 1.82) is 0 Å². The number of para-hydroxylation sites is 1. The van der Waals surface area contributed by atoms with Crippen molar-refractivity contribution in [1.82, 2.24) is 0 Å². The zero-order chi connectivity index (χ0) is 15.2. The Hall–Kier alpha value is -2.20. The van der Waals surface area contributed by atoms with Gasteiger partial charge in [-0.25, -0.2) is 4.79 Å². The molecule has 5 heteroatoms. The van der Waals surface area contributed by atoms with Crippen LogP contribution in [0.4, 0.5) is 0 Å². The fraction of sp³-hybridized carbons (Fsp3) is 0.188. The first-order valence-electron chi connectivity index (χ1n) is 6.42. The van der Waals surface area contributed by atoms with Gasteiger partial charge in [-0.05, 0) is 42.8 Å². The van der Waals surface area contributed by atoms with E-state index in [9.17, 15) is 4.79 Å². The van der Waals surface area contributed by atoms with Gasteiger partial charge in [0.25, 0.3) is 0 Å². The highest BCUT2D eigenvalue weighted by Crippen LogP contribution is 2.21. The average molecular weight is 307 g/mol. The second kappa shape index (κ2) is 6.99. The summed E-state index contributed by atoms with van der Waals surface area (Å²) in [5.41, 5.74) is 1.08. The molecule has 2 rings (SSSR count). The van der Waals surface area contributed by atoms with Crippen LogP contribution in [0.1, 0.15) is 15.9 Å². The SMILES string of the molecule is Cc1cc(OCCOc2ccccc2C(=O)O)ccc1Cl. The molecule has 0 aliphatic rings. The Morgan fingerprint density at radius 3 is 2.57 bits per heavy atom. The van der Waals surface area contributed by atoms with Crippen molar-refractivity contribution in [2.75, 3.05) is 13.2 Å². The first-order valence-corrected chi connectivity index (χ1v) is 6.80. The van der Waals surface area contributed by atoms with Crippen LogP contribution in [0.3, 0.4) is 0 Å². The quantitative estimate of drug-likeness (QED) is 0.825. The fourth-order valence-electron chi connectivity index (χ4n) is 1.79. The van der Waals surface area contributed by atoms with Crippen molar-refractivity contribution >= 4 is 17.6 Å². The minimum absolute atomic E-state index is 0.139. The van der Waals surface area contributed by atoms with E-state index in [1.54, 1.807) is 30.3 Å². The van der Waals surface area contributed by atoms with E-state index < -0.39 is 5.97 Å². The van der Waals surface area contributed by atoms with Gasteiger partial charge in [0, 0.05) is 5.02 Å². The minimum Gasteiger partial charge on any atom is -0.490 e. The van der Waals surface area contributed by atoms with Crippen LogP contribution in [0, 0.1) is 6.92 Å². The largest absolute Gasteiger partial charge is 0.490 e. The van der Waals surface area contributed by atoms with Gasteiger partial charge in [-0.15, -0.1) is 0 Å². The second-order valence-electron chi connectivity index (χ2n) is 4.41. The summed E-state index contributed by atoms with van der Waals surface area (Å²) in [7, 11) is 0. The van der Waals surface area contributed by atoms with Crippen LogP contribution in [-0.2, 0) is 0 Å². The molecule has 0 unspecified atom stereocenters.